The Labute approximate surface area is 102 Å². The zero-order valence-electron chi connectivity index (χ0n) is 10.3. The summed E-state index contributed by atoms with van der Waals surface area (Å²) in [5.74, 6) is 1.27. The minimum Gasteiger partial charge on any atom is -0.266 e. The molecule has 0 saturated carbocycles. The molecule has 1 aromatic rings. The van der Waals surface area contributed by atoms with Crippen molar-refractivity contribution in [1.29, 1.82) is 0 Å². The maximum Gasteiger partial charge on any atom is 0.259 e. The molecule has 0 bridgehead atoms. The molecule has 1 aliphatic heterocycles. The number of aromatic nitrogens is 2. The molecule has 0 radical (unpaired) electrons. The molecule has 5 nitrogen and oxygen atoms in total. The molecule has 0 amide bonds. The van der Waals surface area contributed by atoms with Gasteiger partial charge in [-0.2, -0.15) is 9.40 Å². The first-order chi connectivity index (χ1) is 8.01. The van der Waals surface area contributed by atoms with Crippen molar-refractivity contribution in [3.05, 3.63) is 12.3 Å². The van der Waals surface area contributed by atoms with E-state index in [1.165, 1.54) is 12.3 Å². The van der Waals surface area contributed by atoms with E-state index in [9.17, 15) is 8.42 Å². The predicted molar refractivity (Wildman–Crippen MR) is 64.9 cm³/mol. The second-order valence-corrected chi connectivity index (χ2v) is 6.81. The van der Waals surface area contributed by atoms with Crippen molar-refractivity contribution in [1.82, 2.24) is 14.5 Å². The summed E-state index contributed by atoms with van der Waals surface area (Å²) in [6.07, 6.45) is 3.36. The van der Waals surface area contributed by atoms with Crippen LogP contribution in [0.5, 0.6) is 0 Å². The molecule has 6 heteroatoms. The van der Waals surface area contributed by atoms with Gasteiger partial charge in [0.15, 0.2) is 5.03 Å². The van der Waals surface area contributed by atoms with Crippen LogP contribution in [-0.4, -0.2) is 36.0 Å². The van der Waals surface area contributed by atoms with Gasteiger partial charge in [-0.1, -0.05) is 13.8 Å². The molecule has 1 aromatic heterocycles. The Bertz CT molecular complexity index is 445. The highest BCUT2D eigenvalue weighted by Gasteiger charge is 2.30. The standard InChI is InChI=1S/C11H19N3O2S/c1-9(2)10-4-7-14(8-5-10)17(15,16)11-3-6-12-13-11/h3,6,9-10H,4-5,7-8H2,1-2H3,(H,12,13). The topological polar surface area (TPSA) is 66.1 Å². The Morgan fingerprint density at radius 2 is 2.06 bits per heavy atom. The minimum atomic E-state index is -3.35. The monoisotopic (exact) mass is 257 g/mol. The Morgan fingerprint density at radius 1 is 1.41 bits per heavy atom. The van der Waals surface area contributed by atoms with Crippen LogP contribution in [0.3, 0.4) is 0 Å². The molecule has 96 valence electrons. The Morgan fingerprint density at radius 3 is 2.53 bits per heavy atom. The van der Waals surface area contributed by atoms with Crippen LogP contribution in [0.15, 0.2) is 17.3 Å². The third-order valence-corrected chi connectivity index (χ3v) is 5.36. The van der Waals surface area contributed by atoms with Gasteiger partial charge in [0.1, 0.15) is 0 Å². The summed E-state index contributed by atoms with van der Waals surface area (Å²) in [6.45, 7) is 5.63. The van der Waals surface area contributed by atoms with Gasteiger partial charge in [-0.3, -0.25) is 5.10 Å². The number of rotatable bonds is 3. The maximum absolute atomic E-state index is 12.2. The summed E-state index contributed by atoms with van der Waals surface area (Å²) in [6, 6.07) is 1.50. The number of H-pyrrole nitrogens is 1. The van der Waals surface area contributed by atoms with Crippen molar-refractivity contribution in [2.45, 2.75) is 31.7 Å². The Balaban J connectivity index is 2.07. The number of nitrogens with one attached hydrogen (secondary N) is 1. The average molecular weight is 257 g/mol. The van der Waals surface area contributed by atoms with Gasteiger partial charge < -0.3 is 0 Å². The fraction of sp³-hybridized carbons (Fsp3) is 0.727. The Hall–Kier alpha value is -0.880. The summed E-state index contributed by atoms with van der Waals surface area (Å²) < 4.78 is 25.9. The van der Waals surface area contributed by atoms with Crippen LogP contribution in [-0.2, 0) is 10.0 Å². The number of aromatic amines is 1. The SMILES string of the molecule is CC(C)C1CCN(S(=O)(=O)c2ccn[nH]2)CC1. The molecule has 0 aliphatic carbocycles. The van der Waals surface area contributed by atoms with Gasteiger partial charge in [-0.25, -0.2) is 8.42 Å². The highest BCUT2D eigenvalue weighted by Crippen LogP contribution is 2.27. The van der Waals surface area contributed by atoms with Gasteiger partial charge in [-0.15, -0.1) is 0 Å². The molecular weight excluding hydrogens is 238 g/mol. The van der Waals surface area contributed by atoms with Gasteiger partial charge in [0.2, 0.25) is 0 Å². The van der Waals surface area contributed by atoms with Gasteiger partial charge in [0.05, 0.1) is 6.20 Å². The smallest absolute Gasteiger partial charge is 0.259 e. The zero-order chi connectivity index (χ0) is 12.5. The largest absolute Gasteiger partial charge is 0.266 e. The van der Waals surface area contributed by atoms with Crippen molar-refractivity contribution in [3.8, 4) is 0 Å². The highest BCUT2D eigenvalue weighted by molar-refractivity contribution is 7.89. The fourth-order valence-electron chi connectivity index (χ4n) is 2.31. The van der Waals surface area contributed by atoms with Gasteiger partial charge >= 0.3 is 0 Å². The van der Waals surface area contributed by atoms with E-state index < -0.39 is 10.0 Å². The second kappa shape index (κ2) is 4.78. The molecule has 1 N–H and O–H groups in total. The lowest BCUT2D eigenvalue weighted by Crippen LogP contribution is -2.39. The van der Waals surface area contributed by atoms with Gasteiger partial charge in [-0.05, 0) is 30.7 Å². The van der Waals surface area contributed by atoms with Crippen LogP contribution in [0.2, 0.25) is 0 Å². The summed E-state index contributed by atoms with van der Waals surface area (Å²) in [5.41, 5.74) is 0. The van der Waals surface area contributed by atoms with Crippen molar-refractivity contribution >= 4 is 10.0 Å². The lowest BCUT2D eigenvalue weighted by Gasteiger charge is -2.32. The van der Waals surface area contributed by atoms with Crippen molar-refractivity contribution in [2.75, 3.05) is 13.1 Å². The molecule has 0 atom stereocenters. The minimum absolute atomic E-state index is 0.195. The molecule has 2 heterocycles. The van der Waals surface area contributed by atoms with Crippen LogP contribution in [0.1, 0.15) is 26.7 Å². The van der Waals surface area contributed by atoms with E-state index in [2.05, 4.69) is 24.0 Å². The van der Waals surface area contributed by atoms with Crippen molar-refractivity contribution < 1.29 is 8.42 Å². The molecular formula is C11H19N3O2S. The lowest BCUT2D eigenvalue weighted by atomic mass is 9.87. The van der Waals surface area contributed by atoms with E-state index >= 15 is 0 Å². The van der Waals surface area contributed by atoms with Crippen molar-refractivity contribution in [3.63, 3.8) is 0 Å². The maximum atomic E-state index is 12.2. The first kappa shape index (κ1) is 12.6. The first-order valence-corrected chi connectivity index (χ1v) is 7.45. The number of sulfonamides is 1. The van der Waals surface area contributed by atoms with Crippen molar-refractivity contribution in [2.24, 2.45) is 11.8 Å². The first-order valence-electron chi connectivity index (χ1n) is 6.01. The molecule has 17 heavy (non-hydrogen) atoms. The lowest BCUT2D eigenvalue weighted by molar-refractivity contribution is 0.226. The van der Waals surface area contributed by atoms with E-state index in [4.69, 9.17) is 0 Å². The summed E-state index contributed by atoms with van der Waals surface area (Å²) in [5, 5.41) is 6.42. The van der Waals surface area contributed by atoms with Crippen LogP contribution in [0.25, 0.3) is 0 Å². The molecule has 0 spiro atoms. The van der Waals surface area contributed by atoms with Crippen LogP contribution in [0.4, 0.5) is 0 Å². The molecule has 0 unspecified atom stereocenters. The van der Waals surface area contributed by atoms with Crippen LogP contribution >= 0.6 is 0 Å². The normalized spacial score (nSPS) is 19.9. The predicted octanol–water partition coefficient (Wildman–Crippen LogP) is 1.47. The molecule has 1 aliphatic rings. The summed E-state index contributed by atoms with van der Waals surface area (Å²) in [4.78, 5) is 0. The zero-order valence-corrected chi connectivity index (χ0v) is 11.1. The van der Waals surface area contributed by atoms with E-state index in [0.29, 0.717) is 24.9 Å². The van der Waals surface area contributed by atoms with E-state index in [1.807, 2.05) is 0 Å². The second-order valence-electron chi connectivity index (χ2n) is 4.91. The number of hydrogen-bond donors (Lipinski definition) is 1. The Kier molecular flexibility index (Phi) is 3.53. The fourth-order valence-corrected chi connectivity index (χ4v) is 3.68. The third-order valence-electron chi connectivity index (χ3n) is 3.53. The van der Waals surface area contributed by atoms with Crippen LogP contribution < -0.4 is 0 Å². The number of nitrogens with zero attached hydrogens (tertiary/aromatic N) is 2. The van der Waals surface area contributed by atoms with E-state index in [1.54, 1.807) is 4.31 Å². The average Bonchev–Trinajstić information content (AvgIpc) is 2.83. The summed E-state index contributed by atoms with van der Waals surface area (Å²) >= 11 is 0. The highest BCUT2D eigenvalue weighted by atomic mass is 32.2. The number of hydrogen-bond acceptors (Lipinski definition) is 3. The quantitative estimate of drug-likeness (QED) is 0.891. The molecule has 1 fully saturated rings. The van der Waals surface area contributed by atoms with Crippen LogP contribution in [0, 0.1) is 11.8 Å². The molecule has 1 saturated heterocycles. The third kappa shape index (κ3) is 2.52. The number of piperidine rings is 1. The van der Waals surface area contributed by atoms with Gasteiger partial charge in [0, 0.05) is 13.1 Å². The van der Waals surface area contributed by atoms with E-state index in [-0.39, 0.29) is 5.03 Å². The molecule has 2 rings (SSSR count). The summed E-state index contributed by atoms with van der Waals surface area (Å²) in [7, 11) is -3.35. The van der Waals surface area contributed by atoms with E-state index in [0.717, 1.165) is 12.8 Å². The van der Waals surface area contributed by atoms with Gasteiger partial charge in [0.25, 0.3) is 10.0 Å². The molecule has 0 aromatic carbocycles.